The zero-order valence-corrected chi connectivity index (χ0v) is 13.5. The number of anilines is 1. The minimum absolute atomic E-state index is 0.331. The van der Waals surface area contributed by atoms with E-state index in [1.54, 1.807) is 26.2 Å². The van der Waals surface area contributed by atoms with Crippen LogP contribution in [0, 0.1) is 0 Å². The van der Waals surface area contributed by atoms with Crippen molar-refractivity contribution in [3.05, 3.63) is 24.3 Å². The molecule has 0 bridgehead atoms. The van der Waals surface area contributed by atoms with Gasteiger partial charge in [0.1, 0.15) is 0 Å². The van der Waals surface area contributed by atoms with Gasteiger partial charge in [0.05, 0.1) is 4.90 Å². The van der Waals surface area contributed by atoms with Crippen molar-refractivity contribution in [1.82, 2.24) is 9.21 Å². The van der Waals surface area contributed by atoms with Crippen molar-refractivity contribution in [1.29, 1.82) is 0 Å². The second-order valence-corrected chi connectivity index (χ2v) is 7.55. The van der Waals surface area contributed by atoms with Crippen molar-refractivity contribution in [2.45, 2.75) is 4.90 Å². The van der Waals surface area contributed by atoms with Gasteiger partial charge in [0.15, 0.2) is 0 Å². The maximum absolute atomic E-state index is 12.0. The topological polar surface area (TPSA) is 69.9 Å². The first-order chi connectivity index (χ1) is 9.95. The second kappa shape index (κ2) is 6.74. The van der Waals surface area contributed by atoms with Crippen molar-refractivity contribution in [2.24, 2.45) is 5.73 Å². The van der Waals surface area contributed by atoms with Crippen LogP contribution in [0.25, 0.3) is 0 Å². The van der Waals surface area contributed by atoms with Crippen LogP contribution < -0.4 is 10.6 Å². The van der Waals surface area contributed by atoms with Crippen LogP contribution in [0.4, 0.5) is 5.69 Å². The maximum Gasteiger partial charge on any atom is 0.242 e. The van der Waals surface area contributed by atoms with E-state index in [1.165, 1.54) is 4.31 Å². The van der Waals surface area contributed by atoms with Gasteiger partial charge >= 0.3 is 0 Å². The lowest BCUT2D eigenvalue weighted by molar-refractivity contribution is 0.265. The van der Waals surface area contributed by atoms with Crippen molar-refractivity contribution in [3.63, 3.8) is 0 Å². The summed E-state index contributed by atoms with van der Waals surface area (Å²) in [4.78, 5) is 4.96. The smallest absolute Gasteiger partial charge is 0.242 e. The molecule has 0 unspecified atom stereocenters. The Kier molecular flexibility index (Phi) is 5.21. The third-order valence-electron chi connectivity index (χ3n) is 3.80. The summed E-state index contributed by atoms with van der Waals surface area (Å²) < 4.78 is 25.3. The highest BCUT2D eigenvalue weighted by atomic mass is 32.2. The highest BCUT2D eigenvalue weighted by Crippen LogP contribution is 2.20. The summed E-state index contributed by atoms with van der Waals surface area (Å²) in [6, 6.07) is 7.12. The predicted molar refractivity (Wildman–Crippen MR) is 85.0 cm³/mol. The molecule has 0 atom stereocenters. The fourth-order valence-electron chi connectivity index (χ4n) is 2.45. The van der Waals surface area contributed by atoms with E-state index in [0.717, 1.165) is 38.4 Å². The molecular weight excluding hydrogens is 288 g/mol. The zero-order valence-electron chi connectivity index (χ0n) is 12.7. The molecule has 0 aliphatic carbocycles. The number of benzene rings is 1. The van der Waals surface area contributed by atoms with E-state index < -0.39 is 10.0 Å². The van der Waals surface area contributed by atoms with Gasteiger partial charge in [-0.2, -0.15) is 0 Å². The quantitative estimate of drug-likeness (QED) is 0.830. The summed E-state index contributed by atoms with van der Waals surface area (Å²) in [6.45, 7) is 5.51. The minimum atomic E-state index is -3.35. The minimum Gasteiger partial charge on any atom is -0.369 e. The third-order valence-corrected chi connectivity index (χ3v) is 5.63. The first kappa shape index (κ1) is 16.2. The number of hydrogen-bond acceptors (Lipinski definition) is 5. The number of nitrogens with zero attached hydrogens (tertiary/aromatic N) is 3. The number of hydrogen-bond donors (Lipinski definition) is 1. The van der Waals surface area contributed by atoms with Crippen molar-refractivity contribution >= 4 is 15.7 Å². The summed E-state index contributed by atoms with van der Waals surface area (Å²) in [6.07, 6.45) is 0. The van der Waals surface area contributed by atoms with Crippen LogP contribution >= 0.6 is 0 Å². The predicted octanol–water partition coefficient (Wildman–Crippen LogP) is 0.0176. The van der Waals surface area contributed by atoms with Gasteiger partial charge in [0.25, 0.3) is 0 Å². The van der Waals surface area contributed by atoms with Gasteiger partial charge in [0.2, 0.25) is 10.0 Å². The first-order valence-electron chi connectivity index (χ1n) is 7.15. The van der Waals surface area contributed by atoms with Crippen LogP contribution in [0.1, 0.15) is 0 Å². The Hall–Kier alpha value is -1.15. The van der Waals surface area contributed by atoms with Gasteiger partial charge in [-0.05, 0) is 24.3 Å². The van der Waals surface area contributed by atoms with Crippen molar-refractivity contribution < 1.29 is 8.42 Å². The lowest BCUT2D eigenvalue weighted by atomic mass is 10.2. The summed E-state index contributed by atoms with van der Waals surface area (Å²) in [5, 5.41) is 0. The highest BCUT2D eigenvalue weighted by Gasteiger charge is 2.19. The van der Waals surface area contributed by atoms with Gasteiger partial charge in [-0.1, -0.05) is 0 Å². The van der Waals surface area contributed by atoms with E-state index in [0.29, 0.717) is 11.4 Å². The van der Waals surface area contributed by atoms with Crippen LogP contribution in [-0.4, -0.2) is 71.0 Å². The van der Waals surface area contributed by atoms with E-state index in [-0.39, 0.29) is 0 Å². The van der Waals surface area contributed by atoms with Crippen molar-refractivity contribution in [2.75, 3.05) is 58.3 Å². The van der Waals surface area contributed by atoms with Gasteiger partial charge in [-0.25, -0.2) is 12.7 Å². The standard InChI is InChI=1S/C14H24N4O2S/c1-16(2)21(19,20)14-5-3-13(4-6-14)18-11-9-17(8-7-15)10-12-18/h3-6H,7-12,15H2,1-2H3. The Morgan fingerprint density at radius 3 is 2.14 bits per heavy atom. The Labute approximate surface area is 127 Å². The molecule has 0 spiro atoms. The Morgan fingerprint density at radius 2 is 1.67 bits per heavy atom. The third kappa shape index (κ3) is 3.74. The largest absolute Gasteiger partial charge is 0.369 e. The number of rotatable bonds is 5. The highest BCUT2D eigenvalue weighted by molar-refractivity contribution is 7.89. The van der Waals surface area contributed by atoms with E-state index in [2.05, 4.69) is 9.80 Å². The van der Waals surface area contributed by atoms with Crippen LogP contribution in [-0.2, 0) is 10.0 Å². The van der Waals surface area contributed by atoms with Crippen LogP contribution in [0.2, 0.25) is 0 Å². The number of sulfonamides is 1. The van der Waals surface area contributed by atoms with E-state index in [4.69, 9.17) is 5.73 Å². The first-order valence-corrected chi connectivity index (χ1v) is 8.59. The molecule has 6 nitrogen and oxygen atoms in total. The number of nitrogens with two attached hydrogens (primary N) is 1. The average molecular weight is 312 g/mol. The zero-order chi connectivity index (χ0) is 15.5. The van der Waals surface area contributed by atoms with E-state index in [9.17, 15) is 8.42 Å². The molecule has 1 aromatic carbocycles. The molecule has 1 aliphatic heterocycles. The lowest BCUT2D eigenvalue weighted by Crippen LogP contribution is -2.47. The van der Waals surface area contributed by atoms with Gasteiger partial charge in [-0.3, -0.25) is 4.90 Å². The molecule has 0 aromatic heterocycles. The molecule has 1 fully saturated rings. The number of piperazine rings is 1. The molecule has 118 valence electrons. The molecule has 21 heavy (non-hydrogen) atoms. The van der Waals surface area contributed by atoms with Gasteiger partial charge < -0.3 is 10.6 Å². The fourth-order valence-corrected chi connectivity index (χ4v) is 3.35. The maximum atomic E-state index is 12.0. The normalized spacial score (nSPS) is 17.4. The van der Waals surface area contributed by atoms with Crippen LogP contribution in [0.5, 0.6) is 0 Å². The molecule has 1 saturated heterocycles. The second-order valence-electron chi connectivity index (χ2n) is 5.40. The van der Waals surface area contributed by atoms with Gasteiger partial charge in [0, 0.05) is 59.1 Å². The monoisotopic (exact) mass is 312 g/mol. The van der Waals surface area contributed by atoms with E-state index in [1.807, 2.05) is 12.1 Å². The van der Waals surface area contributed by atoms with Crippen LogP contribution in [0.3, 0.4) is 0 Å². The Balaban J connectivity index is 2.04. The molecule has 1 aromatic rings. The SMILES string of the molecule is CN(C)S(=O)(=O)c1ccc(N2CCN(CCN)CC2)cc1. The van der Waals surface area contributed by atoms with Gasteiger partial charge in [-0.15, -0.1) is 0 Å². The molecular formula is C14H24N4O2S. The molecule has 0 amide bonds. The van der Waals surface area contributed by atoms with Crippen molar-refractivity contribution in [3.8, 4) is 0 Å². The molecule has 2 rings (SSSR count). The molecule has 0 radical (unpaired) electrons. The molecule has 2 N–H and O–H groups in total. The summed E-state index contributed by atoms with van der Waals surface area (Å²) in [7, 11) is -0.265. The summed E-state index contributed by atoms with van der Waals surface area (Å²) in [5.41, 5.74) is 6.64. The molecule has 0 saturated carbocycles. The fraction of sp³-hybridized carbons (Fsp3) is 0.571. The van der Waals surface area contributed by atoms with E-state index >= 15 is 0 Å². The summed E-state index contributed by atoms with van der Waals surface area (Å²) >= 11 is 0. The Bertz CT molecular complexity index is 549. The molecule has 7 heteroatoms. The Morgan fingerprint density at radius 1 is 1.10 bits per heavy atom. The molecule has 1 aliphatic rings. The molecule has 1 heterocycles. The average Bonchev–Trinajstić information content (AvgIpc) is 2.48. The summed E-state index contributed by atoms with van der Waals surface area (Å²) in [5.74, 6) is 0. The lowest BCUT2D eigenvalue weighted by Gasteiger charge is -2.36. The van der Waals surface area contributed by atoms with Crippen LogP contribution in [0.15, 0.2) is 29.2 Å².